The largest absolute Gasteiger partial charge is 0.456 e. The number of para-hydroxylation sites is 1. The molecule has 0 bridgehead atoms. The van der Waals surface area contributed by atoms with Crippen molar-refractivity contribution in [1.29, 1.82) is 0 Å². The first-order valence-corrected chi connectivity index (χ1v) is 13.7. The molecule has 3 heterocycles. The lowest BCUT2D eigenvalue weighted by atomic mass is 9.97. The minimum atomic E-state index is -0.302. The maximum absolute atomic E-state index is 13.2. The molecular formula is C30H30BrN5O2. The van der Waals surface area contributed by atoms with Gasteiger partial charge in [0, 0.05) is 41.4 Å². The Bertz CT molecular complexity index is 1650. The fourth-order valence-corrected chi connectivity index (χ4v) is 5.86. The second kappa shape index (κ2) is 9.67. The molecule has 0 radical (unpaired) electrons. The Morgan fingerprint density at radius 3 is 2.53 bits per heavy atom. The number of hydrogen-bond acceptors (Lipinski definition) is 5. The number of nitrogens with zero attached hydrogens (tertiary/aromatic N) is 5. The molecular weight excluding hydrogens is 542 g/mol. The molecule has 0 atom stereocenters. The number of furan rings is 1. The van der Waals surface area contributed by atoms with Crippen LogP contribution in [0.3, 0.4) is 0 Å². The molecule has 1 amide bonds. The van der Waals surface area contributed by atoms with Gasteiger partial charge in [0.15, 0.2) is 0 Å². The normalized spacial score (nSPS) is 15.0. The highest BCUT2D eigenvalue weighted by Gasteiger charge is 2.35. The predicted molar refractivity (Wildman–Crippen MR) is 152 cm³/mol. The molecule has 6 rings (SSSR count). The number of aryl methyl sites for hydroxylation is 1. The van der Waals surface area contributed by atoms with Crippen LogP contribution in [0.25, 0.3) is 27.6 Å². The molecule has 194 valence electrons. The van der Waals surface area contributed by atoms with Crippen molar-refractivity contribution in [3.8, 4) is 5.69 Å². The maximum Gasteiger partial charge on any atom is 0.227 e. The van der Waals surface area contributed by atoms with E-state index in [1.54, 1.807) is 0 Å². The summed E-state index contributed by atoms with van der Waals surface area (Å²) in [6, 6.07) is 20.2. The van der Waals surface area contributed by atoms with Gasteiger partial charge >= 0.3 is 0 Å². The molecule has 1 saturated heterocycles. The summed E-state index contributed by atoms with van der Waals surface area (Å²) in [5.41, 5.74) is 5.49. The van der Waals surface area contributed by atoms with E-state index < -0.39 is 0 Å². The van der Waals surface area contributed by atoms with E-state index in [2.05, 4.69) is 70.1 Å². The van der Waals surface area contributed by atoms with E-state index in [9.17, 15) is 4.79 Å². The Labute approximate surface area is 230 Å². The van der Waals surface area contributed by atoms with Gasteiger partial charge in [0.25, 0.3) is 0 Å². The number of fused-ring (bicyclic) bond motifs is 3. The summed E-state index contributed by atoms with van der Waals surface area (Å²) in [7, 11) is 0. The van der Waals surface area contributed by atoms with Crippen molar-refractivity contribution in [2.75, 3.05) is 26.2 Å². The zero-order valence-electron chi connectivity index (χ0n) is 21.8. The van der Waals surface area contributed by atoms with Gasteiger partial charge in [0.05, 0.1) is 23.8 Å². The van der Waals surface area contributed by atoms with Gasteiger partial charge in [-0.25, -0.2) is 4.68 Å². The minimum Gasteiger partial charge on any atom is -0.456 e. The highest BCUT2D eigenvalue weighted by Crippen LogP contribution is 2.30. The van der Waals surface area contributed by atoms with Gasteiger partial charge in [-0.15, -0.1) is 5.10 Å². The van der Waals surface area contributed by atoms with Gasteiger partial charge in [-0.2, -0.15) is 0 Å². The molecule has 5 aromatic rings. The number of hydrogen-bond donors (Lipinski definition) is 0. The molecule has 0 spiro atoms. The van der Waals surface area contributed by atoms with E-state index in [-0.39, 0.29) is 11.4 Å². The van der Waals surface area contributed by atoms with Crippen molar-refractivity contribution in [1.82, 2.24) is 24.8 Å². The van der Waals surface area contributed by atoms with Gasteiger partial charge in [-0.3, -0.25) is 9.69 Å². The van der Waals surface area contributed by atoms with Gasteiger partial charge in [-0.05, 0) is 68.3 Å². The summed E-state index contributed by atoms with van der Waals surface area (Å²) >= 11 is 3.52. The molecule has 0 aliphatic carbocycles. The summed E-state index contributed by atoms with van der Waals surface area (Å²) in [5, 5.41) is 11.1. The first kappa shape index (κ1) is 24.8. The van der Waals surface area contributed by atoms with Crippen molar-refractivity contribution < 1.29 is 9.21 Å². The summed E-state index contributed by atoms with van der Waals surface area (Å²) in [6.45, 7) is 9.38. The number of carbonyl (C=O) groups excluding carboxylic acids is 1. The Morgan fingerprint density at radius 2 is 1.74 bits per heavy atom. The van der Waals surface area contributed by atoms with Crippen LogP contribution in [-0.2, 0) is 16.8 Å². The summed E-state index contributed by atoms with van der Waals surface area (Å²) in [6.07, 6.45) is 2.41. The molecule has 0 saturated carbocycles. The number of carbonyl (C=O) groups is 1. The van der Waals surface area contributed by atoms with Crippen LogP contribution in [0.1, 0.15) is 30.7 Å². The highest BCUT2D eigenvalue weighted by atomic mass is 79.9. The van der Waals surface area contributed by atoms with Gasteiger partial charge in [0.1, 0.15) is 16.9 Å². The fourth-order valence-electron chi connectivity index (χ4n) is 5.38. The smallest absolute Gasteiger partial charge is 0.227 e. The Kier molecular flexibility index (Phi) is 6.32. The maximum atomic E-state index is 13.2. The summed E-state index contributed by atoms with van der Waals surface area (Å²) in [5.74, 6) is 0.159. The van der Waals surface area contributed by atoms with E-state index in [0.29, 0.717) is 19.5 Å². The number of piperazine rings is 1. The average Bonchev–Trinajstić information content (AvgIpc) is 3.54. The lowest BCUT2D eigenvalue weighted by molar-refractivity contribution is -0.133. The number of benzene rings is 3. The lowest BCUT2D eigenvalue weighted by Gasteiger charge is -2.43. The number of amides is 1. The summed E-state index contributed by atoms with van der Waals surface area (Å²) < 4.78 is 8.82. The van der Waals surface area contributed by atoms with Crippen LogP contribution in [0.5, 0.6) is 0 Å². The third kappa shape index (κ3) is 4.52. The third-order valence-electron chi connectivity index (χ3n) is 7.75. The van der Waals surface area contributed by atoms with Crippen molar-refractivity contribution in [2.24, 2.45) is 0 Å². The Hall–Kier alpha value is -3.49. The van der Waals surface area contributed by atoms with Gasteiger partial charge in [0.2, 0.25) is 5.91 Å². The standard InChI is InChI=1S/C30H30BrN5O2/c1-20-16-22(31)9-10-25(20)36-19-28(32-33-36)30(2,3)35-14-12-34(13-15-35)29(37)18-21-8-11-27-24(17-21)23-6-4-5-7-26(23)38-27/h4-11,16-17,19H,12-15,18H2,1-3H3. The van der Waals surface area contributed by atoms with Crippen molar-refractivity contribution in [3.05, 3.63) is 88.2 Å². The highest BCUT2D eigenvalue weighted by molar-refractivity contribution is 9.10. The number of halogens is 1. The molecule has 8 heteroatoms. The molecule has 1 aliphatic heterocycles. The van der Waals surface area contributed by atoms with E-state index >= 15 is 0 Å². The molecule has 38 heavy (non-hydrogen) atoms. The molecule has 1 fully saturated rings. The van der Waals surface area contributed by atoms with E-state index in [4.69, 9.17) is 4.42 Å². The molecule has 1 aliphatic rings. The first-order valence-electron chi connectivity index (χ1n) is 12.9. The monoisotopic (exact) mass is 571 g/mol. The third-order valence-corrected chi connectivity index (χ3v) is 8.24. The lowest BCUT2D eigenvalue weighted by Crippen LogP contribution is -2.54. The van der Waals surface area contributed by atoms with Crippen LogP contribution < -0.4 is 0 Å². The van der Waals surface area contributed by atoms with Gasteiger partial charge < -0.3 is 9.32 Å². The zero-order valence-corrected chi connectivity index (χ0v) is 23.4. The van der Waals surface area contributed by atoms with E-state index in [0.717, 1.165) is 62.0 Å². The SMILES string of the molecule is Cc1cc(Br)ccc1-n1cc(C(C)(C)N2CCN(C(=O)Cc3ccc4oc5ccccc5c4c3)CC2)nn1. The van der Waals surface area contributed by atoms with Crippen LogP contribution in [0.15, 0.2) is 75.8 Å². The first-order chi connectivity index (χ1) is 18.3. The predicted octanol–water partition coefficient (Wildman–Crippen LogP) is 5.86. The number of rotatable bonds is 5. The van der Waals surface area contributed by atoms with Gasteiger partial charge in [-0.1, -0.05) is 45.4 Å². The molecule has 0 N–H and O–H groups in total. The fraction of sp³-hybridized carbons (Fsp3) is 0.300. The van der Waals surface area contributed by atoms with Crippen LogP contribution in [0.2, 0.25) is 0 Å². The molecule has 0 unspecified atom stereocenters. The Morgan fingerprint density at radius 1 is 0.974 bits per heavy atom. The van der Waals surface area contributed by atoms with Crippen LogP contribution in [0, 0.1) is 6.92 Å². The zero-order chi connectivity index (χ0) is 26.4. The minimum absolute atomic E-state index is 0.159. The van der Waals surface area contributed by atoms with E-state index in [1.807, 2.05) is 58.2 Å². The average molecular weight is 573 g/mol. The van der Waals surface area contributed by atoms with Crippen molar-refractivity contribution in [2.45, 2.75) is 32.7 Å². The molecule has 7 nitrogen and oxygen atoms in total. The topological polar surface area (TPSA) is 67.4 Å². The second-order valence-electron chi connectivity index (χ2n) is 10.5. The Balaban J connectivity index is 1.11. The quantitative estimate of drug-likeness (QED) is 0.264. The van der Waals surface area contributed by atoms with Crippen molar-refractivity contribution in [3.63, 3.8) is 0 Å². The molecule has 3 aromatic carbocycles. The van der Waals surface area contributed by atoms with Crippen LogP contribution in [0.4, 0.5) is 0 Å². The van der Waals surface area contributed by atoms with Crippen molar-refractivity contribution >= 4 is 43.8 Å². The molecule has 2 aromatic heterocycles. The second-order valence-corrected chi connectivity index (χ2v) is 11.4. The van der Waals surface area contributed by atoms with E-state index in [1.165, 1.54) is 0 Å². The van der Waals surface area contributed by atoms with Crippen LogP contribution >= 0.6 is 15.9 Å². The van der Waals surface area contributed by atoms with Crippen LogP contribution in [-0.4, -0.2) is 56.9 Å². The summed E-state index contributed by atoms with van der Waals surface area (Å²) in [4.78, 5) is 17.6. The number of aromatic nitrogens is 3.